The zero-order valence-electron chi connectivity index (χ0n) is 8.68. The SMILES string of the molecule is O=[S@](c1nc2ccccc2s1)[C@@H]1CCNC1. The number of aromatic nitrogens is 1. The molecule has 0 saturated carbocycles. The van der Waals surface area contributed by atoms with Gasteiger partial charge < -0.3 is 5.32 Å². The van der Waals surface area contributed by atoms with Crippen LogP contribution in [0.25, 0.3) is 10.2 Å². The average molecular weight is 252 g/mol. The van der Waals surface area contributed by atoms with Crippen molar-refractivity contribution in [1.29, 1.82) is 0 Å². The lowest BCUT2D eigenvalue weighted by atomic mass is 10.3. The molecule has 1 aromatic heterocycles. The number of nitrogens with zero attached hydrogens (tertiary/aromatic N) is 1. The highest BCUT2D eigenvalue weighted by atomic mass is 32.2. The van der Waals surface area contributed by atoms with E-state index in [0.29, 0.717) is 0 Å². The Hall–Kier alpha value is -0.780. The van der Waals surface area contributed by atoms with E-state index in [1.54, 1.807) is 11.3 Å². The van der Waals surface area contributed by atoms with E-state index >= 15 is 0 Å². The summed E-state index contributed by atoms with van der Waals surface area (Å²) in [7, 11) is -0.946. The van der Waals surface area contributed by atoms with Gasteiger partial charge in [0.2, 0.25) is 0 Å². The topological polar surface area (TPSA) is 42.0 Å². The number of hydrogen-bond acceptors (Lipinski definition) is 4. The number of thiazole rings is 1. The van der Waals surface area contributed by atoms with Crippen molar-refractivity contribution >= 4 is 32.4 Å². The Morgan fingerprint density at radius 3 is 3.06 bits per heavy atom. The molecule has 2 aromatic rings. The molecule has 1 fully saturated rings. The Kier molecular flexibility index (Phi) is 2.75. The maximum absolute atomic E-state index is 12.2. The smallest absolute Gasteiger partial charge is 0.182 e. The molecule has 0 bridgehead atoms. The van der Waals surface area contributed by atoms with Gasteiger partial charge in [0.05, 0.1) is 26.3 Å². The first kappa shape index (κ1) is 10.4. The van der Waals surface area contributed by atoms with Gasteiger partial charge in [-0.05, 0) is 25.1 Å². The quantitative estimate of drug-likeness (QED) is 0.885. The predicted molar refractivity (Wildman–Crippen MR) is 67.3 cm³/mol. The summed E-state index contributed by atoms with van der Waals surface area (Å²) >= 11 is 1.55. The van der Waals surface area contributed by atoms with Crippen LogP contribution in [0, 0.1) is 0 Å². The van der Waals surface area contributed by atoms with E-state index in [9.17, 15) is 4.21 Å². The van der Waals surface area contributed by atoms with Gasteiger partial charge in [-0.3, -0.25) is 4.21 Å². The second-order valence-electron chi connectivity index (χ2n) is 3.86. The van der Waals surface area contributed by atoms with Crippen LogP contribution in [0.2, 0.25) is 0 Å². The van der Waals surface area contributed by atoms with Crippen LogP contribution < -0.4 is 5.32 Å². The summed E-state index contributed by atoms with van der Waals surface area (Å²) in [6.07, 6.45) is 0.989. The Morgan fingerprint density at radius 1 is 1.44 bits per heavy atom. The minimum atomic E-state index is -0.946. The molecule has 2 atom stereocenters. The fourth-order valence-corrected chi connectivity index (χ4v) is 4.67. The molecule has 0 aliphatic carbocycles. The summed E-state index contributed by atoms with van der Waals surface area (Å²) in [4.78, 5) is 4.45. The van der Waals surface area contributed by atoms with E-state index < -0.39 is 10.8 Å². The van der Waals surface area contributed by atoms with Crippen molar-refractivity contribution in [1.82, 2.24) is 10.3 Å². The van der Waals surface area contributed by atoms with Crippen LogP contribution in [-0.2, 0) is 10.8 Å². The highest BCUT2D eigenvalue weighted by molar-refractivity contribution is 7.88. The van der Waals surface area contributed by atoms with Crippen LogP contribution in [0.15, 0.2) is 28.6 Å². The first-order valence-electron chi connectivity index (χ1n) is 5.31. The van der Waals surface area contributed by atoms with Crippen molar-refractivity contribution in [2.75, 3.05) is 13.1 Å². The molecule has 0 unspecified atom stereocenters. The van der Waals surface area contributed by atoms with Crippen LogP contribution in [0.5, 0.6) is 0 Å². The number of hydrogen-bond donors (Lipinski definition) is 1. The summed E-state index contributed by atoms with van der Waals surface area (Å²) in [5.41, 5.74) is 0.960. The van der Waals surface area contributed by atoms with E-state index in [2.05, 4.69) is 10.3 Å². The molecule has 16 heavy (non-hydrogen) atoms. The van der Waals surface area contributed by atoms with Gasteiger partial charge in [-0.15, -0.1) is 11.3 Å². The Bertz CT molecular complexity index is 499. The van der Waals surface area contributed by atoms with Crippen LogP contribution in [-0.4, -0.2) is 27.5 Å². The van der Waals surface area contributed by atoms with Gasteiger partial charge in [-0.2, -0.15) is 0 Å². The third-order valence-corrected chi connectivity index (χ3v) is 5.78. The first-order valence-corrected chi connectivity index (χ1v) is 7.34. The van der Waals surface area contributed by atoms with E-state index in [1.165, 1.54) is 0 Å². The average Bonchev–Trinajstić information content (AvgIpc) is 2.97. The maximum Gasteiger partial charge on any atom is 0.182 e. The summed E-state index contributed by atoms with van der Waals surface area (Å²) in [6, 6.07) is 7.95. The van der Waals surface area contributed by atoms with Gasteiger partial charge in [0.1, 0.15) is 0 Å². The van der Waals surface area contributed by atoms with Gasteiger partial charge in [0, 0.05) is 6.54 Å². The van der Waals surface area contributed by atoms with Gasteiger partial charge in [0.15, 0.2) is 4.34 Å². The standard InChI is InChI=1S/C11H12N2OS2/c14-16(8-5-6-12-7-8)11-13-9-3-1-2-4-10(9)15-11/h1-4,8,12H,5-7H2/t8-,16+/m1/s1. The monoisotopic (exact) mass is 252 g/mol. The lowest BCUT2D eigenvalue weighted by molar-refractivity contribution is 0.672. The third-order valence-electron chi connectivity index (χ3n) is 2.76. The fraction of sp³-hybridized carbons (Fsp3) is 0.364. The number of fused-ring (bicyclic) bond motifs is 1. The maximum atomic E-state index is 12.2. The van der Waals surface area contributed by atoms with Crippen LogP contribution in [0.4, 0.5) is 0 Å². The molecule has 1 N–H and O–H groups in total. The fourth-order valence-electron chi connectivity index (χ4n) is 1.89. The van der Waals surface area contributed by atoms with Crippen molar-refractivity contribution in [3.8, 4) is 0 Å². The molecule has 0 amide bonds. The zero-order valence-corrected chi connectivity index (χ0v) is 10.3. The molecule has 1 aliphatic heterocycles. The molecular formula is C11H12N2OS2. The van der Waals surface area contributed by atoms with Crippen molar-refractivity contribution < 1.29 is 4.21 Å². The van der Waals surface area contributed by atoms with Gasteiger partial charge in [-0.25, -0.2) is 4.98 Å². The summed E-state index contributed by atoms with van der Waals surface area (Å²) in [5, 5.41) is 3.48. The van der Waals surface area contributed by atoms with Gasteiger partial charge in [0.25, 0.3) is 0 Å². The number of nitrogens with one attached hydrogen (secondary N) is 1. The predicted octanol–water partition coefficient (Wildman–Crippen LogP) is 1.77. The number of rotatable bonds is 2. The molecule has 2 heterocycles. The van der Waals surface area contributed by atoms with Crippen LogP contribution >= 0.6 is 11.3 Å². The molecule has 0 spiro atoms. The molecule has 3 rings (SSSR count). The zero-order chi connectivity index (χ0) is 11.0. The second kappa shape index (κ2) is 4.24. The van der Waals surface area contributed by atoms with E-state index in [0.717, 1.165) is 34.1 Å². The Balaban J connectivity index is 1.96. The van der Waals surface area contributed by atoms with Crippen molar-refractivity contribution in [3.63, 3.8) is 0 Å². The summed E-state index contributed by atoms with van der Waals surface area (Å²) in [5.74, 6) is 0. The Labute approximate surface area is 100 Å². The normalized spacial score (nSPS) is 22.6. The molecule has 1 aromatic carbocycles. The molecule has 1 aliphatic rings. The molecule has 1 saturated heterocycles. The number of benzene rings is 1. The number of para-hydroxylation sites is 1. The summed E-state index contributed by atoms with van der Waals surface area (Å²) < 4.78 is 14.1. The highest BCUT2D eigenvalue weighted by Crippen LogP contribution is 2.26. The van der Waals surface area contributed by atoms with Crippen molar-refractivity contribution in [2.45, 2.75) is 16.0 Å². The Morgan fingerprint density at radius 2 is 2.31 bits per heavy atom. The molecule has 84 valence electrons. The molecule has 5 heteroatoms. The van der Waals surface area contributed by atoms with Crippen LogP contribution in [0.1, 0.15) is 6.42 Å². The van der Waals surface area contributed by atoms with E-state index in [-0.39, 0.29) is 5.25 Å². The minimum absolute atomic E-state index is 0.237. The van der Waals surface area contributed by atoms with Gasteiger partial charge >= 0.3 is 0 Å². The highest BCUT2D eigenvalue weighted by Gasteiger charge is 2.24. The van der Waals surface area contributed by atoms with E-state index in [1.807, 2.05) is 24.3 Å². The van der Waals surface area contributed by atoms with Crippen molar-refractivity contribution in [2.24, 2.45) is 0 Å². The lowest BCUT2D eigenvalue weighted by Gasteiger charge is -2.03. The van der Waals surface area contributed by atoms with Crippen LogP contribution in [0.3, 0.4) is 0 Å². The third kappa shape index (κ3) is 1.79. The minimum Gasteiger partial charge on any atom is -0.315 e. The largest absolute Gasteiger partial charge is 0.315 e. The molecule has 0 radical (unpaired) electrons. The molecular weight excluding hydrogens is 240 g/mol. The van der Waals surface area contributed by atoms with E-state index in [4.69, 9.17) is 0 Å². The first-order chi connectivity index (χ1) is 7.84. The summed E-state index contributed by atoms with van der Waals surface area (Å²) in [6.45, 7) is 1.82. The second-order valence-corrected chi connectivity index (χ2v) is 6.80. The van der Waals surface area contributed by atoms with Gasteiger partial charge in [-0.1, -0.05) is 12.1 Å². The lowest BCUT2D eigenvalue weighted by Crippen LogP contribution is -2.18. The van der Waals surface area contributed by atoms with Crippen molar-refractivity contribution in [3.05, 3.63) is 24.3 Å². The molecule has 3 nitrogen and oxygen atoms in total.